The van der Waals surface area contributed by atoms with Crippen molar-refractivity contribution in [3.63, 3.8) is 0 Å². The van der Waals surface area contributed by atoms with Crippen LogP contribution in [0.1, 0.15) is 16.1 Å². The second kappa shape index (κ2) is 6.57. The van der Waals surface area contributed by atoms with E-state index in [4.69, 9.17) is 4.74 Å². The molecule has 1 amide bonds. The lowest BCUT2D eigenvalue weighted by atomic mass is 10.2. The van der Waals surface area contributed by atoms with E-state index in [0.29, 0.717) is 17.0 Å². The Morgan fingerprint density at radius 2 is 2.00 bits per heavy atom. The van der Waals surface area contributed by atoms with Crippen LogP contribution in [0.3, 0.4) is 0 Å². The zero-order chi connectivity index (χ0) is 17.3. The number of sulfone groups is 1. The summed E-state index contributed by atoms with van der Waals surface area (Å²) in [5.41, 5.74) is 1.02. The minimum atomic E-state index is -3.03. The standard InChI is InChI=1S/C17H19NO4S2/c1-18(13-8-9-24(20,21)11-13)17(19)16-14(22-2)10-15(23-16)12-6-4-3-5-7-12/h3-7,10,13H,8-9,11H2,1-2H3. The zero-order valence-electron chi connectivity index (χ0n) is 13.6. The van der Waals surface area contributed by atoms with Crippen LogP contribution in [-0.2, 0) is 9.84 Å². The van der Waals surface area contributed by atoms with Gasteiger partial charge < -0.3 is 9.64 Å². The van der Waals surface area contributed by atoms with Crippen molar-refractivity contribution in [1.82, 2.24) is 4.90 Å². The normalized spacial score (nSPS) is 19.2. The lowest BCUT2D eigenvalue weighted by Crippen LogP contribution is -2.37. The van der Waals surface area contributed by atoms with Crippen LogP contribution in [0.2, 0.25) is 0 Å². The van der Waals surface area contributed by atoms with E-state index in [9.17, 15) is 13.2 Å². The number of thiophene rings is 1. The SMILES string of the molecule is COc1cc(-c2ccccc2)sc1C(=O)N(C)C1CCS(=O)(=O)C1. The van der Waals surface area contributed by atoms with Gasteiger partial charge in [0.2, 0.25) is 0 Å². The van der Waals surface area contributed by atoms with Crippen molar-refractivity contribution in [3.05, 3.63) is 41.3 Å². The van der Waals surface area contributed by atoms with Crippen molar-refractivity contribution < 1.29 is 17.9 Å². The average molecular weight is 365 g/mol. The molecule has 0 aliphatic carbocycles. The van der Waals surface area contributed by atoms with Crippen LogP contribution in [0.4, 0.5) is 0 Å². The van der Waals surface area contributed by atoms with Crippen molar-refractivity contribution in [2.45, 2.75) is 12.5 Å². The third-order valence-corrected chi connectivity index (χ3v) is 7.15. The third-order valence-electron chi connectivity index (χ3n) is 4.25. The van der Waals surface area contributed by atoms with E-state index in [1.54, 1.807) is 7.05 Å². The molecule has 1 fully saturated rings. The Balaban J connectivity index is 1.88. The van der Waals surface area contributed by atoms with Crippen LogP contribution < -0.4 is 4.74 Å². The lowest BCUT2D eigenvalue weighted by Gasteiger charge is -2.23. The first kappa shape index (κ1) is 17.0. The molecule has 1 unspecified atom stereocenters. The number of carbonyl (C=O) groups is 1. The van der Waals surface area contributed by atoms with Gasteiger partial charge in [-0.15, -0.1) is 11.3 Å². The van der Waals surface area contributed by atoms with E-state index >= 15 is 0 Å². The molecule has 7 heteroatoms. The van der Waals surface area contributed by atoms with Gasteiger partial charge in [-0.1, -0.05) is 30.3 Å². The second-order valence-corrected chi connectivity index (χ2v) is 9.13. The maximum atomic E-state index is 12.8. The Kier molecular flexibility index (Phi) is 4.64. The quantitative estimate of drug-likeness (QED) is 0.836. The molecule has 24 heavy (non-hydrogen) atoms. The number of amides is 1. The Morgan fingerprint density at radius 1 is 1.29 bits per heavy atom. The molecule has 0 spiro atoms. The minimum Gasteiger partial charge on any atom is -0.495 e. The number of hydrogen-bond donors (Lipinski definition) is 0. The first-order chi connectivity index (χ1) is 11.4. The zero-order valence-corrected chi connectivity index (χ0v) is 15.2. The van der Waals surface area contributed by atoms with E-state index in [1.807, 2.05) is 36.4 Å². The maximum absolute atomic E-state index is 12.8. The van der Waals surface area contributed by atoms with Crippen molar-refractivity contribution >= 4 is 27.1 Å². The Bertz CT molecular complexity index is 843. The Morgan fingerprint density at radius 3 is 2.58 bits per heavy atom. The van der Waals surface area contributed by atoms with Crippen molar-refractivity contribution in [3.8, 4) is 16.2 Å². The van der Waals surface area contributed by atoms with Gasteiger partial charge in [0.1, 0.15) is 10.6 Å². The highest BCUT2D eigenvalue weighted by molar-refractivity contribution is 7.91. The average Bonchev–Trinajstić information content (AvgIpc) is 3.17. The number of methoxy groups -OCH3 is 1. The summed E-state index contributed by atoms with van der Waals surface area (Å²) in [6.45, 7) is 0. The van der Waals surface area contributed by atoms with Crippen LogP contribution in [0, 0.1) is 0 Å². The van der Waals surface area contributed by atoms with Gasteiger partial charge in [0.25, 0.3) is 5.91 Å². The van der Waals surface area contributed by atoms with E-state index < -0.39 is 9.84 Å². The molecule has 128 valence electrons. The predicted octanol–water partition coefficient (Wildman–Crippen LogP) is 2.68. The molecule has 1 aliphatic heterocycles. The largest absolute Gasteiger partial charge is 0.495 e. The number of rotatable bonds is 4. The van der Waals surface area contributed by atoms with Gasteiger partial charge in [-0.3, -0.25) is 4.79 Å². The fourth-order valence-electron chi connectivity index (χ4n) is 2.83. The number of benzene rings is 1. The molecule has 3 rings (SSSR count). The van der Waals surface area contributed by atoms with Gasteiger partial charge in [-0.25, -0.2) is 8.42 Å². The van der Waals surface area contributed by atoms with Crippen molar-refractivity contribution in [2.24, 2.45) is 0 Å². The molecule has 2 aromatic rings. The molecule has 0 radical (unpaired) electrons. The highest BCUT2D eigenvalue weighted by atomic mass is 32.2. The van der Waals surface area contributed by atoms with E-state index in [1.165, 1.54) is 23.3 Å². The molecule has 1 saturated heterocycles. The van der Waals surface area contributed by atoms with Crippen molar-refractivity contribution in [1.29, 1.82) is 0 Å². The van der Waals surface area contributed by atoms with Crippen LogP contribution in [0.5, 0.6) is 5.75 Å². The van der Waals surface area contributed by atoms with Gasteiger partial charge >= 0.3 is 0 Å². The molecule has 0 saturated carbocycles. The Hall–Kier alpha value is -1.86. The highest BCUT2D eigenvalue weighted by Crippen LogP contribution is 2.37. The first-order valence-electron chi connectivity index (χ1n) is 7.62. The molecule has 2 heterocycles. The maximum Gasteiger partial charge on any atom is 0.267 e. The van der Waals surface area contributed by atoms with Crippen LogP contribution >= 0.6 is 11.3 Å². The summed E-state index contributed by atoms with van der Waals surface area (Å²) < 4.78 is 28.7. The smallest absolute Gasteiger partial charge is 0.267 e. The predicted molar refractivity (Wildman–Crippen MR) is 95.5 cm³/mol. The van der Waals surface area contributed by atoms with Crippen LogP contribution in [0.25, 0.3) is 10.4 Å². The number of ether oxygens (including phenoxy) is 1. The minimum absolute atomic E-state index is 0.0362. The van der Waals surface area contributed by atoms with Crippen LogP contribution in [0.15, 0.2) is 36.4 Å². The van der Waals surface area contributed by atoms with Gasteiger partial charge in [-0.2, -0.15) is 0 Å². The molecule has 5 nitrogen and oxygen atoms in total. The monoisotopic (exact) mass is 365 g/mol. The van der Waals surface area contributed by atoms with E-state index in [-0.39, 0.29) is 23.5 Å². The van der Waals surface area contributed by atoms with Gasteiger partial charge in [-0.05, 0) is 18.1 Å². The third kappa shape index (κ3) is 3.32. The lowest BCUT2D eigenvalue weighted by molar-refractivity contribution is 0.0749. The fraction of sp³-hybridized carbons (Fsp3) is 0.353. The molecular formula is C17H19NO4S2. The van der Waals surface area contributed by atoms with Gasteiger partial charge in [0.15, 0.2) is 9.84 Å². The van der Waals surface area contributed by atoms with Gasteiger partial charge in [0, 0.05) is 18.0 Å². The number of nitrogens with zero attached hydrogens (tertiary/aromatic N) is 1. The molecule has 0 bridgehead atoms. The fourth-order valence-corrected chi connectivity index (χ4v) is 5.71. The molecule has 1 aromatic heterocycles. The number of carbonyl (C=O) groups excluding carboxylic acids is 1. The molecule has 0 N–H and O–H groups in total. The summed E-state index contributed by atoms with van der Waals surface area (Å²) in [4.78, 5) is 15.8. The summed E-state index contributed by atoms with van der Waals surface area (Å²) in [5.74, 6) is 0.512. The van der Waals surface area contributed by atoms with Gasteiger partial charge in [0.05, 0.1) is 18.6 Å². The summed E-state index contributed by atoms with van der Waals surface area (Å²) in [6, 6.07) is 11.4. The first-order valence-corrected chi connectivity index (χ1v) is 10.3. The molecule has 1 aromatic carbocycles. The second-order valence-electron chi connectivity index (χ2n) is 5.85. The molecule has 1 aliphatic rings. The molecular weight excluding hydrogens is 346 g/mol. The summed E-state index contributed by atoms with van der Waals surface area (Å²) in [5, 5.41) is 0. The number of hydrogen-bond acceptors (Lipinski definition) is 5. The molecule has 1 atom stereocenters. The van der Waals surface area contributed by atoms with E-state index in [0.717, 1.165) is 10.4 Å². The van der Waals surface area contributed by atoms with E-state index in [2.05, 4.69) is 0 Å². The van der Waals surface area contributed by atoms with Crippen molar-refractivity contribution in [2.75, 3.05) is 25.7 Å². The summed E-state index contributed by atoms with van der Waals surface area (Å²) >= 11 is 1.37. The Labute approximate surface area is 145 Å². The topological polar surface area (TPSA) is 63.7 Å². The summed E-state index contributed by atoms with van der Waals surface area (Å²) in [7, 11) is 0.166. The van der Waals surface area contributed by atoms with Crippen LogP contribution in [-0.4, -0.2) is 50.9 Å². The highest BCUT2D eigenvalue weighted by Gasteiger charge is 2.34. The summed E-state index contributed by atoms with van der Waals surface area (Å²) in [6.07, 6.45) is 0.490.